The SMILES string of the molecule is Cc1ccc(NC(=O)C(=O)NCC2CCN(Cc3ccccc3)CC2)cc1. The molecule has 1 saturated heterocycles. The summed E-state index contributed by atoms with van der Waals surface area (Å²) in [7, 11) is 0. The average Bonchev–Trinajstić information content (AvgIpc) is 2.69. The molecule has 2 aromatic carbocycles. The van der Waals surface area contributed by atoms with E-state index in [-0.39, 0.29) is 0 Å². The molecule has 142 valence electrons. The highest BCUT2D eigenvalue weighted by atomic mass is 16.2. The molecule has 2 amide bonds. The average molecular weight is 365 g/mol. The molecular weight excluding hydrogens is 338 g/mol. The van der Waals surface area contributed by atoms with Crippen molar-refractivity contribution in [1.29, 1.82) is 0 Å². The lowest BCUT2D eigenvalue weighted by atomic mass is 9.96. The molecule has 0 saturated carbocycles. The Morgan fingerprint density at radius 2 is 1.63 bits per heavy atom. The standard InChI is InChI=1S/C22H27N3O2/c1-17-7-9-20(10-8-17)24-22(27)21(26)23-15-18-11-13-25(14-12-18)16-19-5-3-2-4-6-19/h2-10,18H,11-16H2,1H3,(H,23,26)(H,24,27). The van der Waals surface area contributed by atoms with Gasteiger partial charge in [0.1, 0.15) is 0 Å². The highest BCUT2D eigenvalue weighted by Gasteiger charge is 2.21. The van der Waals surface area contributed by atoms with Crippen LogP contribution in [-0.2, 0) is 16.1 Å². The number of carbonyl (C=O) groups excluding carboxylic acids is 2. The van der Waals surface area contributed by atoms with Gasteiger partial charge in [-0.25, -0.2) is 0 Å². The molecule has 0 aromatic heterocycles. The second-order valence-electron chi connectivity index (χ2n) is 7.24. The predicted octanol–water partition coefficient (Wildman–Crippen LogP) is 2.96. The van der Waals surface area contributed by atoms with E-state index in [1.807, 2.05) is 25.1 Å². The summed E-state index contributed by atoms with van der Waals surface area (Å²) < 4.78 is 0. The number of piperidine rings is 1. The molecule has 0 unspecified atom stereocenters. The lowest BCUT2D eigenvalue weighted by molar-refractivity contribution is -0.136. The van der Waals surface area contributed by atoms with Gasteiger partial charge in [0.25, 0.3) is 0 Å². The Hall–Kier alpha value is -2.66. The molecule has 0 spiro atoms. The lowest BCUT2D eigenvalue weighted by Gasteiger charge is -2.32. The van der Waals surface area contributed by atoms with E-state index in [4.69, 9.17) is 0 Å². The maximum absolute atomic E-state index is 12.0. The van der Waals surface area contributed by atoms with Crippen LogP contribution in [0.1, 0.15) is 24.0 Å². The summed E-state index contributed by atoms with van der Waals surface area (Å²) in [4.78, 5) is 26.5. The second kappa shape index (κ2) is 9.33. The number of amides is 2. The van der Waals surface area contributed by atoms with Crippen molar-refractivity contribution in [2.45, 2.75) is 26.3 Å². The van der Waals surface area contributed by atoms with Gasteiger partial charge in [-0.2, -0.15) is 0 Å². The van der Waals surface area contributed by atoms with Gasteiger partial charge in [0.2, 0.25) is 0 Å². The van der Waals surface area contributed by atoms with Crippen molar-refractivity contribution in [1.82, 2.24) is 10.2 Å². The van der Waals surface area contributed by atoms with Crippen LogP contribution in [0.2, 0.25) is 0 Å². The Bertz CT molecular complexity index is 751. The molecule has 0 aliphatic carbocycles. The van der Waals surface area contributed by atoms with E-state index in [1.54, 1.807) is 12.1 Å². The number of nitrogens with zero attached hydrogens (tertiary/aromatic N) is 1. The molecule has 1 aliphatic rings. The van der Waals surface area contributed by atoms with Crippen LogP contribution in [0.4, 0.5) is 5.69 Å². The number of carbonyl (C=O) groups is 2. The Morgan fingerprint density at radius 1 is 0.963 bits per heavy atom. The number of anilines is 1. The molecular formula is C22H27N3O2. The van der Waals surface area contributed by atoms with Crippen LogP contribution in [0.3, 0.4) is 0 Å². The highest BCUT2D eigenvalue weighted by molar-refractivity contribution is 6.39. The molecule has 0 radical (unpaired) electrons. The molecule has 27 heavy (non-hydrogen) atoms. The number of hydrogen-bond acceptors (Lipinski definition) is 3. The normalized spacial score (nSPS) is 15.3. The quantitative estimate of drug-likeness (QED) is 0.801. The molecule has 1 aliphatic heterocycles. The first kappa shape index (κ1) is 19.1. The van der Waals surface area contributed by atoms with Crippen molar-refractivity contribution in [2.24, 2.45) is 5.92 Å². The molecule has 1 heterocycles. The summed E-state index contributed by atoms with van der Waals surface area (Å²) in [5.74, 6) is -0.754. The van der Waals surface area contributed by atoms with Crippen molar-refractivity contribution < 1.29 is 9.59 Å². The molecule has 2 N–H and O–H groups in total. The molecule has 5 heteroatoms. The van der Waals surface area contributed by atoms with Gasteiger partial charge in [0.15, 0.2) is 0 Å². The second-order valence-corrected chi connectivity index (χ2v) is 7.24. The molecule has 0 bridgehead atoms. The highest BCUT2D eigenvalue weighted by Crippen LogP contribution is 2.18. The Kier molecular flexibility index (Phi) is 6.60. The minimum Gasteiger partial charge on any atom is -0.348 e. The maximum atomic E-state index is 12.0. The van der Waals surface area contributed by atoms with E-state index in [0.29, 0.717) is 18.2 Å². The van der Waals surface area contributed by atoms with Gasteiger partial charge >= 0.3 is 11.8 Å². The van der Waals surface area contributed by atoms with Crippen molar-refractivity contribution in [3.8, 4) is 0 Å². The number of aryl methyl sites for hydroxylation is 1. The summed E-state index contributed by atoms with van der Waals surface area (Å²) in [5, 5.41) is 5.41. The van der Waals surface area contributed by atoms with Gasteiger partial charge in [-0.3, -0.25) is 14.5 Å². The summed E-state index contributed by atoms with van der Waals surface area (Å²) in [6.45, 7) is 5.54. The molecule has 1 fully saturated rings. The topological polar surface area (TPSA) is 61.4 Å². The summed E-state index contributed by atoms with van der Waals surface area (Å²) >= 11 is 0. The van der Waals surface area contributed by atoms with Gasteiger partial charge in [0.05, 0.1) is 0 Å². The molecule has 2 aromatic rings. The zero-order chi connectivity index (χ0) is 19.1. The maximum Gasteiger partial charge on any atom is 0.313 e. The van der Waals surface area contributed by atoms with Crippen LogP contribution in [-0.4, -0.2) is 36.3 Å². The summed E-state index contributed by atoms with van der Waals surface area (Å²) in [6.07, 6.45) is 2.07. The van der Waals surface area contributed by atoms with Crippen LogP contribution in [0.5, 0.6) is 0 Å². The number of hydrogen-bond donors (Lipinski definition) is 2. The Labute approximate surface area is 160 Å². The van der Waals surface area contributed by atoms with Crippen molar-refractivity contribution in [2.75, 3.05) is 25.0 Å². The molecule has 3 rings (SSSR count). The fraction of sp³-hybridized carbons (Fsp3) is 0.364. The van der Waals surface area contributed by atoms with Gasteiger partial charge < -0.3 is 10.6 Å². The fourth-order valence-corrected chi connectivity index (χ4v) is 3.33. The summed E-state index contributed by atoms with van der Waals surface area (Å²) in [6, 6.07) is 17.9. The van der Waals surface area contributed by atoms with Crippen LogP contribution in [0, 0.1) is 12.8 Å². The van der Waals surface area contributed by atoms with E-state index in [1.165, 1.54) is 5.56 Å². The van der Waals surface area contributed by atoms with Crippen molar-refractivity contribution in [3.63, 3.8) is 0 Å². The molecule has 5 nitrogen and oxygen atoms in total. The van der Waals surface area contributed by atoms with E-state index >= 15 is 0 Å². The number of benzene rings is 2. The van der Waals surface area contributed by atoms with Crippen LogP contribution in [0.25, 0.3) is 0 Å². The van der Waals surface area contributed by atoms with Crippen LogP contribution < -0.4 is 10.6 Å². The van der Waals surface area contributed by atoms with Gasteiger partial charge in [-0.05, 0) is 56.5 Å². The largest absolute Gasteiger partial charge is 0.348 e. The molecule has 0 atom stereocenters. The zero-order valence-corrected chi connectivity index (χ0v) is 15.8. The van der Waals surface area contributed by atoms with Crippen LogP contribution in [0.15, 0.2) is 54.6 Å². The van der Waals surface area contributed by atoms with Gasteiger partial charge in [-0.15, -0.1) is 0 Å². The minimum atomic E-state index is -0.611. The van der Waals surface area contributed by atoms with Crippen LogP contribution >= 0.6 is 0 Å². The van der Waals surface area contributed by atoms with Crippen molar-refractivity contribution in [3.05, 3.63) is 65.7 Å². The zero-order valence-electron chi connectivity index (χ0n) is 15.8. The van der Waals surface area contributed by atoms with E-state index in [0.717, 1.165) is 38.0 Å². The monoisotopic (exact) mass is 365 g/mol. The first-order chi connectivity index (χ1) is 13.1. The lowest BCUT2D eigenvalue weighted by Crippen LogP contribution is -2.41. The van der Waals surface area contributed by atoms with E-state index in [9.17, 15) is 9.59 Å². The third kappa shape index (κ3) is 5.93. The number of nitrogens with one attached hydrogen (secondary N) is 2. The number of likely N-dealkylation sites (tertiary alicyclic amines) is 1. The van der Waals surface area contributed by atoms with E-state index in [2.05, 4.69) is 39.8 Å². The Balaban J connectivity index is 1.37. The van der Waals surface area contributed by atoms with Crippen molar-refractivity contribution >= 4 is 17.5 Å². The predicted molar refractivity (Wildman–Crippen MR) is 107 cm³/mol. The minimum absolute atomic E-state index is 0.424. The third-order valence-corrected chi connectivity index (χ3v) is 5.02. The van der Waals surface area contributed by atoms with Gasteiger partial charge in [-0.1, -0.05) is 48.0 Å². The van der Waals surface area contributed by atoms with Gasteiger partial charge in [0, 0.05) is 18.8 Å². The number of rotatable bonds is 5. The third-order valence-electron chi connectivity index (χ3n) is 5.02. The Morgan fingerprint density at radius 3 is 2.30 bits per heavy atom. The first-order valence-corrected chi connectivity index (χ1v) is 9.52. The summed E-state index contributed by atoms with van der Waals surface area (Å²) in [5.41, 5.74) is 3.07. The first-order valence-electron chi connectivity index (χ1n) is 9.52. The smallest absolute Gasteiger partial charge is 0.313 e. The van der Waals surface area contributed by atoms with E-state index < -0.39 is 11.8 Å². The fourth-order valence-electron chi connectivity index (χ4n) is 3.33.